The molecule has 11 heteroatoms. The highest BCUT2D eigenvalue weighted by Crippen LogP contribution is 2.34. The van der Waals surface area contributed by atoms with Crippen LogP contribution in [0.2, 0.25) is 0 Å². The summed E-state index contributed by atoms with van der Waals surface area (Å²) in [5.74, 6) is -0.308. The van der Waals surface area contributed by atoms with E-state index in [4.69, 9.17) is 0 Å². The predicted molar refractivity (Wildman–Crippen MR) is 154 cm³/mol. The summed E-state index contributed by atoms with van der Waals surface area (Å²) >= 11 is 0. The summed E-state index contributed by atoms with van der Waals surface area (Å²) < 4.78 is 56.1. The first-order chi connectivity index (χ1) is 19.3. The van der Waals surface area contributed by atoms with Gasteiger partial charge in [0.25, 0.3) is 20.0 Å². The minimum absolute atomic E-state index is 0.103. The molecule has 6 rings (SSSR count). The van der Waals surface area contributed by atoms with Crippen molar-refractivity contribution in [2.75, 3.05) is 15.6 Å². The molecule has 4 aromatic carbocycles. The monoisotopic (exact) mass is 570 g/mol. The molecule has 5 aromatic rings. The molecule has 2 heterocycles. The zero-order chi connectivity index (χ0) is 27.9. The van der Waals surface area contributed by atoms with Crippen LogP contribution in [-0.2, 0) is 24.8 Å². The molecule has 1 aliphatic heterocycles. The van der Waals surface area contributed by atoms with Gasteiger partial charge in [-0.3, -0.25) is 9.79 Å². The number of fused-ring (bicyclic) bond motifs is 3. The van der Waals surface area contributed by atoms with Crippen LogP contribution >= 0.6 is 0 Å². The van der Waals surface area contributed by atoms with Gasteiger partial charge in [-0.15, -0.1) is 0 Å². The smallest absolute Gasteiger partial charge is 0.277 e. The third kappa shape index (κ3) is 4.34. The molecule has 0 unspecified atom stereocenters. The quantitative estimate of drug-likeness (QED) is 0.310. The Hall–Kier alpha value is -4.74. The van der Waals surface area contributed by atoms with Crippen LogP contribution in [0.1, 0.15) is 11.3 Å². The number of amides is 1. The van der Waals surface area contributed by atoms with E-state index in [0.29, 0.717) is 26.4 Å². The molecule has 0 saturated heterocycles. The van der Waals surface area contributed by atoms with Crippen molar-refractivity contribution >= 4 is 53.9 Å². The van der Waals surface area contributed by atoms with Crippen LogP contribution in [0, 0.1) is 0 Å². The Balaban J connectivity index is 1.55. The van der Waals surface area contributed by atoms with Crippen LogP contribution in [0.4, 0.5) is 11.4 Å². The molecule has 9 nitrogen and oxygen atoms in total. The Labute approximate surface area is 230 Å². The van der Waals surface area contributed by atoms with Crippen molar-refractivity contribution in [2.45, 2.75) is 9.79 Å². The molecule has 40 heavy (non-hydrogen) atoms. The van der Waals surface area contributed by atoms with Gasteiger partial charge in [0, 0.05) is 16.5 Å². The number of para-hydroxylation sites is 1. The number of benzene rings is 4. The van der Waals surface area contributed by atoms with Gasteiger partial charge in [-0.1, -0.05) is 66.7 Å². The number of anilines is 2. The molecular formula is C29H22N4O5S2. The van der Waals surface area contributed by atoms with Gasteiger partial charge >= 0.3 is 0 Å². The second-order valence-corrected chi connectivity index (χ2v) is 12.8. The molecular weight excluding hydrogens is 548 g/mol. The largest absolute Gasteiger partial charge is 0.351 e. The maximum Gasteiger partial charge on any atom is 0.277 e. The number of rotatable bonds is 6. The average Bonchev–Trinajstić information content (AvgIpc) is 3.23. The van der Waals surface area contributed by atoms with E-state index in [-0.39, 0.29) is 27.9 Å². The maximum absolute atomic E-state index is 13.9. The van der Waals surface area contributed by atoms with E-state index >= 15 is 0 Å². The van der Waals surface area contributed by atoms with Crippen LogP contribution in [0.5, 0.6) is 0 Å². The Morgan fingerprint density at radius 1 is 0.700 bits per heavy atom. The van der Waals surface area contributed by atoms with E-state index in [1.54, 1.807) is 24.3 Å². The van der Waals surface area contributed by atoms with Gasteiger partial charge < -0.3 is 10.3 Å². The fourth-order valence-corrected chi connectivity index (χ4v) is 8.36. The van der Waals surface area contributed by atoms with Crippen LogP contribution in [0.3, 0.4) is 0 Å². The van der Waals surface area contributed by atoms with E-state index < -0.39 is 20.0 Å². The Kier molecular flexibility index (Phi) is 6.24. The van der Waals surface area contributed by atoms with E-state index in [1.807, 2.05) is 24.3 Å². The first kappa shape index (κ1) is 25.5. The van der Waals surface area contributed by atoms with E-state index in [9.17, 15) is 21.6 Å². The molecule has 2 N–H and O–H groups in total. The lowest BCUT2D eigenvalue weighted by molar-refractivity contribution is -0.114. The number of aliphatic imine (C=N–C) groups is 1. The minimum Gasteiger partial charge on any atom is -0.351 e. The van der Waals surface area contributed by atoms with Crippen LogP contribution in [0.25, 0.3) is 10.9 Å². The lowest BCUT2D eigenvalue weighted by Gasteiger charge is -2.24. The summed E-state index contributed by atoms with van der Waals surface area (Å²) in [5.41, 5.74) is 2.58. The molecule has 0 spiro atoms. The van der Waals surface area contributed by atoms with Crippen molar-refractivity contribution in [3.8, 4) is 0 Å². The molecule has 1 aliphatic rings. The van der Waals surface area contributed by atoms with Crippen molar-refractivity contribution in [1.82, 2.24) is 4.98 Å². The number of nitrogens with one attached hydrogen (secondary N) is 2. The number of hydrogen-bond acceptors (Lipinski definition) is 6. The summed E-state index contributed by atoms with van der Waals surface area (Å²) in [4.78, 5) is 20.0. The van der Waals surface area contributed by atoms with Crippen molar-refractivity contribution in [3.05, 3.63) is 120 Å². The Bertz CT molecular complexity index is 1930. The summed E-state index contributed by atoms with van der Waals surface area (Å²) in [6.07, 6.45) is 0. The number of aromatic amines is 1. The van der Waals surface area contributed by atoms with Gasteiger partial charge in [0.1, 0.15) is 6.54 Å². The molecule has 0 atom stereocenters. The maximum atomic E-state index is 13.9. The predicted octanol–water partition coefficient (Wildman–Crippen LogP) is 4.54. The molecule has 0 fully saturated rings. The van der Waals surface area contributed by atoms with Crippen LogP contribution < -0.4 is 9.03 Å². The third-order valence-electron chi connectivity index (χ3n) is 6.44. The topological polar surface area (TPSA) is 129 Å². The SMILES string of the molecule is O=C1CN=C(c2cccc(N(S(=O)(=O)c3ccccc3)S(=O)(=O)c3ccccc3)c2)c2[nH]c3ccccc3c2N1. The fraction of sp³-hybridized carbons (Fsp3) is 0.0345. The van der Waals surface area contributed by atoms with Gasteiger partial charge in [-0.2, -0.15) is 3.71 Å². The normalized spacial score (nSPS) is 13.7. The lowest BCUT2D eigenvalue weighted by atomic mass is 10.1. The van der Waals surface area contributed by atoms with Crippen LogP contribution in [0.15, 0.2) is 124 Å². The summed E-state index contributed by atoms with van der Waals surface area (Å²) in [7, 11) is -9.15. The Morgan fingerprint density at radius 3 is 1.95 bits per heavy atom. The van der Waals surface area contributed by atoms with Crippen molar-refractivity contribution in [2.24, 2.45) is 4.99 Å². The fourth-order valence-electron chi connectivity index (χ4n) is 4.64. The highest BCUT2D eigenvalue weighted by atomic mass is 32.3. The van der Waals surface area contributed by atoms with Gasteiger partial charge in [0.2, 0.25) is 5.91 Å². The molecule has 1 aromatic heterocycles. The number of aromatic nitrogens is 1. The van der Waals surface area contributed by atoms with E-state index in [1.165, 1.54) is 60.7 Å². The molecule has 0 radical (unpaired) electrons. The van der Waals surface area contributed by atoms with Crippen LogP contribution in [-0.4, -0.2) is 40.0 Å². The molecule has 1 amide bonds. The summed E-state index contributed by atoms with van der Waals surface area (Å²) in [6.45, 7) is -0.162. The zero-order valence-electron chi connectivity index (χ0n) is 20.9. The highest BCUT2D eigenvalue weighted by Gasteiger charge is 2.37. The number of nitrogens with zero attached hydrogens (tertiary/aromatic N) is 2. The number of hydrogen-bond donors (Lipinski definition) is 2. The van der Waals surface area contributed by atoms with Gasteiger partial charge in [-0.05, 0) is 42.5 Å². The standard InChI is InChI=1S/C29H22N4O5S2/c34-26-19-30-27(29-28(32-26)24-16-7-8-17-25(24)31-29)20-10-9-11-21(18-20)33(39(35,36)22-12-3-1-4-13-22)40(37,38)23-14-5-2-6-15-23/h1-18,31H,19H2,(H,32,34). The second kappa shape index (κ2) is 9.78. The Morgan fingerprint density at radius 2 is 1.30 bits per heavy atom. The van der Waals surface area contributed by atoms with E-state index in [0.717, 1.165) is 10.9 Å². The number of carbonyl (C=O) groups is 1. The summed E-state index contributed by atoms with van der Waals surface area (Å²) in [6, 6.07) is 28.3. The molecule has 0 saturated carbocycles. The van der Waals surface area contributed by atoms with Crippen molar-refractivity contribution in [3.63, 3.8) is 0 Å². The molecule has 200 valence electrons. The first-order valence-corrected chi connectivity index (χ1v) is 15.1. The van der Waals surface area contributed by atoms with Gasteiger partial charge in [0.05, 0.1) is 32.6 Å². The molecule has 0 aliphatic carbocycles. The van der Waals surface area contributed by atoms with Crippen molar-refractivity contribution < 1.29 is 21.6 Å². The van der Waals surface area contributed by atoms with Gasteiger partial charge in [0.15, 0.2) is 0 Å². The molecule has 0 bridgehead atoms. The van der Waals surface area contributed by atoms with Crippen molar-refractivity contribution in [1.29, 1.82) is 0 Å². The number of sulfonamides is 2. The third-order valence-corrected chi connectivity index (χ3v) is 10.6. The van der Waals surface area contributed by atoms with Gasteiger partial charge in [-0.25, -0.2) is 16.8 Å². The van der Waals surface area contributed by atoms with E-state index in [2.05, 4.69) is 15.3 Å². The number of H-pyrrole nitrogens is 1. The zero-order valence-corrected chi connectivity index (χ0v) is 22.5. The summed E-state index contributed by atoms with van der Waals surface area (Å²) in [5, 5.41) is 3.68. The highest BCUT2D eigenvalue weighted by molar-refractivity contribution is 8.10. The first-order valence-electron chi connectivity index (χ1n) is 12.2. The minimum atomic E-state index is -4.57. The lowest BCUT2D eigenvalue weighted by Crippen LogP contribution is -2.37. The second-order valence-electron chi connectivity index (χ2n) is 9.02. The average molecular weight is 571 g/mol. The number of carbonyl (C=O) groups excluding carboxylic acids is 1.